The van der Waals surface area contributed by atoms with E-state index in [9.17, 15) is 0 Å². The second-order valence-corrected chi connectivity index (χ2v) is 20.6. The minimum Gasteiger partial charge on any atom is -0.195 e. The summed E-state index contributed by atoms with van der Waals surface area (Å²) in [4.78, 5) is 14.6. The lowest BCUT2D eigenvalue weighted by molar-refractivity contribution is 0.563. The molecule has 1 aromatic heterocycles. The first-order chi connectivity index (χ1) is 23.8. The molecular formula is C39H75N3S6. The van der Waals surface area contributed by atoms with E-state index in [1.807, 2.05) is 32.4 Å². The second-order valence-electron chi connectivity index (χ2n) is 13.4. The molecule has 0 fully saturated rings. The first-order valence-electron chi connectivity index (χ1n) is 20.4. The molecule has 0 aliphatic rings. The normalized spacial score (nSPS) is 11.6. The fourth-order valence-corrected chi connectivity index (χ4v) is 11.5. The maximum Gasteiger partial charge on any atom is 0.203 e. The van der Waals surface area contributed by atoms with Crippen LogP contribution in [0.3, 0.4) is 0 Å². The van der Waals surface area contributed by atoms with Gasteiger partial charge in [0.15, 0.2) is 0 Å². The fraction of sp³-hybridized carbons (Fsp3) is 0.923. The lowest BCUT2D eigenvalue weighted by Crippen LogP contribution is -1.95. The summed E-state index contributed by atoms with van der Waals surface area (Å²) in [5.74, 6) is 3.54. The maximum absolute atomic E-state index is 4.86. The molecule has 0 unspecified atom stereocenters. The molecule has 282 valence electrons. The van der Waals surface area contributed by atoms with Crippen molar-refractivity contribution in [3.8, 4) is 0 Å². The molecule has 0 spiro atoms. The Morgan fingerprint density at radius 1 is 0.271 bits per heavy atom. The van der Waals surface area contributed by atoms with Crippen molar-refractivity contribution in [2.75, 3.05) is 17.3 Å². The molecular weight excluding hydrogens is 703 g/mol. The van der Waals surface area contributed by atoms with Gasteiger partial charge in [0.25, 0.3) is 0 Å². The van der Waals surface area contributed by atoms with E-state index >= 15 is 0 Å². The number of hydrogen-bond acceptors (Lipinski definition) is 9. The Kier molecular flexibility index (Phi) is 38.6. The third-order valence-corrected chi connectivity index (χ3v) is 15.3. The maximum atomic E-state index is 4.86. The summed E-state index contributed by atoms with van der Waals surface area (Å²) < 4.78 is 0. The highest BCUT2D eigenvalue weighted by molar-refractivity contribution is 8.77. The van der Waals surface area contributed by atoms with E-state index in [4.69, 9.17) is 15.0 Å². The van der Waals surface area contributed by atoms with Gasteiger partial charge in [-0.2, -0.15) is 15.0 Å². The van der Waals surface area contributed by atoms with E-state index in [0.717, 1.165) is 15.5 Å². The van der Waals surface area contributed by atoms with Crippen LogP contribution in [0.15, 0.2) is 15.5 Å². The lowest BCUT2D eigenvalue weighted by Gasteiger charge is -2.07. The second kappa shape index (κ2) is 39.3. The molecule has 0 radical (unpaired) electrons. The van der Waals surface area contributed by atoms with Crippen LogP contribution in [-0.2, 0) is 0 Å². The predicted octanol–water partition coefficient (Wildman–Crippen LogP) is 16.9. The minimum absolute atomic E-state index is 0.895. The van der Waals surface area contributed by atoms with E-state index in [0.29, 0.717) is 0 Å². The van der Waals surface area contributed by atoms with Gasteiger partial charge < -0.3 is 0 Å². The molecule has 0 amide bonds. The molecule has 3 nitrogen and oxygen atoms in total. The monoisotopic (exact) mass is 777 g/mol. The van der Waals surface area contributed by atoms with E-state index in [-0.39, 0.29) is 0 Å². The summed E-state index contributed by atoms with van der Waals surface area (Å²) in [6.45, 7) is 6.89. The van der Waals surface area contributed by atoms with Gasteiger partial charge in [-0.15, -0.1) is 0 Å². The summed E-state index contributed by atoms with van der Waals surface area (Å²) >= 11 is 0. The average Bonchev–Trinajstić information content (AvgIpc) is 3.09. The van der Waals surface area contributed by atoms with Crippen molar-refractivity contribution in [1.29, 1.82) is 0 Å². The van der Waals surface area contributed by atoms with Gasteiger partial charge in [-0.1, -0.05) is 227 Å². The zero-order valence-corrected chi connectivity index (χ0v) is 36.5. The predicted molar refractivity (Wildman–Crippen MR) is 230 cm³/mol. The highest BCUT2D eigenvalue weighted by Gasteiger charge is 2.10. The topological polar surface area (TPSA) is 38.7 Å². The van der Waals surface area contributed by atoms with E-state index in [1.54, 1.807) is 32.4 Å². The molecule has 0 aliphatic carbocycles. The number of nitrogens with zero attached hydrogens (tertiary/aromatic N) is 3. The number of aromatic nitrogens is 3. The molecule has 0 aliphatic heterocycles. The first kappa shape index (κ1) is 47.1. The zero-order chi connectivity index (χ0) is 34.4. The molecule has 0 bridgehead atoms. The Bertz CT molecular complexity index is 676. The van der Waals surface area contributed by atoms with Crippen molar-refractivity contribution >= 4 is 64.8 Å². The van der Waals surface area contributed by atoms with Gasteiger partial charge in [-0.3, -0.25) is 0 Å². The quantitative estimate of drug-likeness (QED) is 0.0480. The molecule has 48 heavy (non-hydrogen) atoms. The van der Waals surface area contributed by atoms with Gasteiger partial charge in [0, 0.05) is 17.3 Å². The van der Waals surface area contributed by atoms with Crippen LogP contribution >= 0.6 is 64.8 Å². The van der Waals surface area contributed by atoms with Crippen LogP contribution < -0.4 is 0 Å². The van der Waals surface area contributed by atoms with Crippen LogP contribution in [0.5, 0.6) is 0 Å². The SMILES string of the molecule is CCCCCCCCCCCCSSc1nc(SSCCCCCCCCCCCC)nc(SSCCCCCCCCCCCC)n1. The molecule has 0 atom stereocenters. The molecule has 1 heterocycles. The van der Waals surface area contributed by atoms with Gasteiger partial charge in [0.05, 0.1) is 0 Å². The molecule has 0 aromatic carbocycles. The van der Waals surface area contributed by atoms with Crippen molar-refractivity contribution in [3.63, 3.8) is 0 Å². The molecule has 1 aromatic rings. The van der Waals surface area contributed by atoms with Crippen LogP contribution in [0, 0.1) is 0 Å². The first-order valence-corrected chi connectivity index (χ1v) is 27.4. The smallest absolute Gasteiger partial charge is 0.195 e. The van der Waals surface area contributed by atoms with Gasteiger partial charge in [0.2, 0.25) is 15.5 Å². The van der Waals surface area contributed by atoms with Crippen LogP contribution in [0.4, 0.5) is 0 Å². The Balaban J connectivity index is 2.32. The average molecular weight is 778 g/mol. The number of hydrogen-bond donors (Lipinski definition) is 0. The minimum atomic E-state index is 0.895. The summed E-state index contributed by atoms with van der Waals surface area (Å²) in [6.07, 6.45) is 41.7. The molecule has 0 N–H and O–H groups in total. The summed E-state index contributed by atoms with van der Waals surface area (Å²) in [5.41, 5.74) is 0. The van der Waals surface area contributed by atoms with Gasteiger partial charge in [-0.05, 0) is 51.6 Å². The van der Waals surface area contributed by atoms with Crippen molar-refractivity contribution in [3.05, 3.63) is 0 Å². The third-order valence-electron chi connectivity index (χ3n) is 8.72. The van der Waals surface area contributed by atoms with Crippen molar-refractivity contribution in [2.45, 2.75) is 229 Å². The molecule has 1 rings (SSSR count). The van der Waals surface area contributed by atoms with E-state index in [1.165, 1.54) is 210 Å². The van der Waals surface area contributed by atoms with E-state index < -0.39 is 0 Å². The Morgan fingerprint density at radius 2 is 0.458 bits per heavy atom. The number of unbranched alkanes of at least 4 members (excludes halogenated alkanes) is 27. The van der Waals surface area contributed by atoms with Crippen LogP contribution in [-0.4, -0.2) is 32.2 Å². The molecule has 0 saturated carbocycles. The van der Waals surface area contributed by atoms with Gasteiger partial charge in [-0.25, -0.2) is 0 Å². The highest BCUT2D eigenvalue weighted by atomic mass is 33.1. The summed E-state index contributed by atoms with van der Waals surface area (Å²) in [5, 5.41) is 2.68. The Hall–Kier alpha value is 1.11. The van der Waals surface area contributed by atoms with E-state index in [2.05, 4.69) is 20.8 Å². The largest absolute Gasteiger partial charge is 0.203 e. The van der Waals surface area contributed by atoms with Crippen molar-refractivity contribution < 1.29 is 0 Å². The highest BCUT2D eigenvalue weighted by Crippen LogP contribution is 2.37. The summed E-state index contributed by atoms with van der Waals surface area (Å²) in [6, 6.07) is 0. The zero-order valence-electron chi connectivity index (χ0n) is 31.6. The van der Waals surface area contributed by atoms with Gasteiger partial charge >= 0.3 is 0 Å². The number of rotatable bonds is 39. The molecule has 0 saturated heterocycles. The van der Waals surface area contributed by atoms with Crippen LogP contribution in [0.2, 0.25) is 0 Å². The Morgan fingerprint density at radius 3 is 0.667 bits per heavy atom. The molecule has 9 heteroatoms. The Labute approximate surface area is 323 Å². The van der Waals surface area contributed by atoms with Crippen molar-refractivity contribution in [1.82, 2.24) is 15.0 Å². The van der Waals surface area contributed by atoms with Crippen LogP contribution in [0.1, 0.15) is 213 Å². The van der Waals surface area contributed by atoms with Gasteiger partial charge in [0.1, 0.15) is 0 Å². The standard InChI is InChI=1S/C39H75N3S6/c1-4-7-10-13-16-19-22-25-28-31-34-43-46-37-40-38(47-44-35-32-29-26-23-20-17-14-11-8-5-2)42-39(41-37)48-45-36-33-30-27-24-21-18-15-12-9-6-3/h4-36H2,1-3H3. The lowest BCUT2D eigenvalue weighted by atomic mass is 10.1. The van der Waals surface area contributed by atoms with Crippen molar-refractivity contribution in [2.24, 2.45) is 0 Å². The fourth-order valence-electron chi connectivity index (χ4n) is 5.66. The summed E-state index contributed by atoms with van der Waals surface area (Å²) in [7, 11) is 11.1. The third kappa shape index (κ3) is 33.0. The van der Waals surface area contributed by atoms with Crippen LogP contribution in [0.25, 0.3) is 0 Å².